The second-order valence-corrected chi connectivity index (χ2v) is 8.59. The van der Waals surface area contributed by atoms with Crippen molar-refractivity contribution < 1.29 is 24.9 Å². The van der Waals surface area contributed by atoms with Crippen molar-refractivity contribution in [2.45, 2.75) is 51.2 Å². The summed E-state index contributed by atoms with van der Waals surface area (Å²) < 4.78 is 5.47. The van der Waals surface area contributed by atoms with Gasteiger partial charge in [0.05, 0.1) is 15.8 Å². The summed E-state index contributed by atoms with van der Waals surface area (Å²) in [6, 6.07) is 1.74. The summed E-state index contributed by atoms with van der Waals surface area (Å²) >= 11 is 3.54. The first-order valence-electron chi connectivity index (χ1n) is 8.18. The van der Waals surface area contributed by atoms with Crippen LogP contribution in [0.3, 0.4) is 0 Å². The van der Waals surface area contributed by atoms with Crippen LogP contribution in [-0.2, 0) is 21.7 Å². The van der Waals surface area contributed by atoms with Gasteiger partial charge in [-0.3, -0.25) is 4.79 Å². The van der Waals surface area contributed by atoms with Crippen LogP contribution in [0.5, 0.6) is 11.5 Å². The van der Waals surface area contributed by atoms with Crippen LogP contribution in [0, 0.1) is 24.2 Å². The molecule has 6 heteroatoms. The number of alkyl halides is 1. The van der Waals surface area contributed by atoms with Crippen molar-refractivity contribution in [3.63, 3.8) is 0 Å². The standard InChI is InChI=1S/C18H23BrO5/c1-8(2)11-15(19)18(23)12-10(7-9(3)13(20)14(12)21)5-6-17(11,4)16(22)24-18/h7-8,11,15,20-21,23H,5-6H2,1-4H3. The predicted molar refractivity (Wildman–Crippen MR) is 92.0 cm³/mol. The highest BCUT2D eigenvalue weighted by Gasteiger charge is 2.63. The maximum absolute atomic E-state index is 12.7. The minimum Gasteiger partial charge on any atom is -0.504 e. The summed E-state index contributed by atoms with van der Waals surface area (Å²) in [5.74, 6) is -3.27. The zero-order chi connectivity index (χ0) is 18.0. The number of carbonyl (C=O) groups excluding carboxylic acids is 1. The first-order chi connectivity index (χ1) is 11.0. The van der Waals surface area contributed by atoms with Crippen molar-refractivity contribution in [2.24, 2.45) is 17.3 Å². The molecule has 1 saturated heterocycles. The van der Waals surface area contributed by atoms with E-state index in [0.717, 1.165) is 0 Å². The van der Waals surface area contributed by atoms with E-state index in [4.69, 9.17) is 4.74 Å². The number of hydrogen-bond donors (Lipinski definition) is 3. The molecular formula is C18H23BrO5. The number of ether oxygens (including phenoxy) is 1. The number of esters is 1. The SMILES string of the molecule is Cc1cc2c(c(O)c1O)C1(O)OC(=O)C(C)(CC2)C(C(C)C)C1Br. The number of carbonyl (C=O) groups is 1. The number of hydrogen-bond acceptors (Lipinski definition) is 5. The molecule has 1 aromatic carbocycles. The molecule has 0 aromatic heterocycles. The Morgan fingerprint density at radius 1 is 1.33 bits per heavy atom. The third-order valence-electron chi connectivity index (χ3n) is 5.68. The Kier molecular flexibility index (Phi) is 3.92. The van der Waals surface area contributed by atoms with Crippen LogP contribution in [0.25, 0.3) is 0 Å². The number of fused-ring (bicyclic) bond motifs is 3. The van der Waals surface area contributed by atoms with Crippen LogP contribution in [0.4, 0.5) is 0 Å². The summed E-state index contributed by atoms with van der Waals surface area (Å²) in [5.41, 5.74) is 0.575. The maximum Gasteiger partial charge on any atom is 0.314 e. The molecule has 4 atom stereocenters. The van der Waals surface area contributed by atoms with Crippen LogP contribution in [0.15, 0.2) is 6.07 Å². The number of phenols is 2. The summed E-state index contributed by atoms with van der Waals surface area (Å²) in [5, 5.41) is 31.9. The Morgan fingerprint density at radius 3 is 2.54 bits per heavy atom. The van der Waals surface area contributed by atoms with Crippen molar-refractivity contribution in [1.29, 1.82) is 0 Å². The quantitative estimate of drug-likeness (QED) is 0.384. The van der Waals surface area contributed by atoms with Gasteiger partial charge in [0.2, 0.25) is 0 Å². The Morgan fingerprint density at radius 2 is 1.96 bits per heavy atom. The van der Waals surface area contributed by atoms with E-state index in [9.17, 15) is 20.1 Å². The Labute approximate surface area is 149 Å². The molecular weight excluding hydrogens is 376 g/mol. The molecule has 1 aromatic rings. The number of aryl methyl sites for hydroxylation is 2. The van der Waals surface area contributed by atoms with Gasteiger partial charge in [-0.25, -0.2) is 0 Å². The van der Waals surface area contributed by atoms with Gasteiger partial charge in [-0.15, -0.1) is 0 Å². The zero-order valence-corrected chi connectivity index (χ0v) is 15.8. The zero-order valence-electron chi connectivity index (χ0n) is 14.3. The van der Waals surface area contributed by atoms with E-state index in [-0.39, 0.29) is 23.1 Å². The minimum atomic E-state index is -2.02. The summed E-state index contributed by atoms with van der Waals surface area (Å²) in [4.78, 5) is 12.1. The second-order valence-electron chi connectivity index (χ2n) is 7.60. The molecule has 3 aliphatic rings. The molecule has 24 heavy (non-hydrogen) atoms. The fraction of sp³-hybridized carbons (Fsp3) is 0.611. The molecule has 0 spiro atoms. The maximum atomic E-state index is 12.7. The molecule has 1 fully saturated rings. The Balaban J connectivity index is 2.32. The van der Waals surface area contributed by atoms with E-state index in [1.54, 1.807) is 13.0 Å². The molecule has 0 saturated carbocycles. The normalized spacial score (nSPS) is 35.4. The van der Waals surface area contributed by atoms with Crippen molar-refractivity contribution in [3.05, 3.63) is 22.8 Å². The van der Waals surface area contributed by atoms with Crippen LogP contribution in [-0.4, -0.2) is 26.1 Å². The third-order valence-corrected chi connectivity index (χ3v) is 6.87. The lowest BCUT2D eigenvalue weighted by molar-refractivity contribution is -0.258. The van der Waals surface area contributed by atoms with Crippen molar-refractivity contribution in [1.82, 2.24) is 0 Å². The van der Waals surface area contributed by atoms with E-state index in [2.05, 4.69) is 15.9 Å². The fourth-order valence-corrected chi connectivity index (χ4v) is 5.91. The molecule has 3 N–H and O–H groups in total. The lowest BCUT2D eigenvalue weighted by atomic mass is 9.61. The summed E-state index contributed by atoms with van der Waals surface area (Å²) in [7, 11) is 0. The highest BCUT2D eigenvalue weighted by Crippen LogP contribution is 2.58. The van der Waals surface area contributed by atoms with E-state index in [0.29, 0.717) is 24.0 Å². The molecule has 2 heterocycles. The first-order valence-corrected chi connectivity index (χ1v) is 9.10. The highest BCUT2D eigenvalue weighted by atomic mass is 79.9. The lowest BCUT2D eigenvalue weighted by Crippen LogP contribution is -2.61. The monoisotopic (exact) mass is 398 g/mol. The van der Waals surface area contributed by atoms with Crippen LogP contribution < -0.4 is 0 Å². The average Bonchev–Trinajstić information content (AvgIpc) is 2.47. The number of rotatable bonds is 1. The summed E-state index contributed by atoms with van der Waals surface area (Å²) in [6.45, 7) is 7.58. The van der Waals surface area contributed by atoms with Gasteiger partial charge in [-0.2, -0.15) is 0 Å². The topological polar surface area (TPSA) is 87.0 Å². The van der Waals surface area contributed by atoms with Gasteiger partial charge in [0.15, 0.2) is 11.5 Å². The second kappa shape index (κ2) is 5.36. The number of halogens is 1. The van der Waals surface area contributed by atoms with E-state index in [1.807, 2.05) is 20.8 Å². The number of phenolic OH excluding ortho intramolecular Hbond substituents is 2. The third kappa shape index (κ3) is 2.12. The van der Waals surface area contributed by atoms with Gasteiger partial charge >= 0.3 is 5.97 Å². The molecule has 5 nitrogen and oxygen atoms in total. The molecule has 0 radical (unpaired) electrons. The van der Waals surface area contributed by atoms with Gasteiger partial charge in [-0.1, -0.05) is 35.8 Å². The molecule has 0 amide bonds. The fourth-order valence-electron chi connectivity index (χ4n) is 4.40. The van der Waals surface area contributed by atoms with Gasteiger partial charge in [0.1, 0.15) is 0 Å². The highest BCUT2D eigenvalue weighted by molar-refractivity contribution is 9.09. The van der Waals surface area contributed by atoms with E-state index >= 15 is 0 Å². The van der Waals surface area contributed by atoms with Crippen molar-refractivity contribution in [2.75, 3.05) is 0 Å². The van der Waals surface area contributed by atoms with Crippen LogP contribution >= 0.6 is 15.9 Å². The van der Waals surface area contributed by atoms with Crippen LogP contribution in [0.1, 0.15) is 43.9 Å². The smallest absolute Gasteiger partial charge is 0.314 e. The van der Waals surface area contributed by atoms with E-state index in [1.165, 1.54) is 0 Å². The Bertz CT molecular complexity index is 716. The average molecular weight is 399 g/mol. The van der Waals surface area contributed by atoms with Crippen molar-refractivity contribution in [3.8, 4) is 11.5 Å². The van der Waals surface area contributed by atoms with Gasteiger partial charge in [0.25, 0.3) is 5.79 Å². The molecule has 2 aliphatic heterocycles. The molecule has 1 aliphatic carbocycles. The number of aliphatic hydroxyl groups is 1. The molecule has 4 unspecified atom stereocenters. The van der Waals surface area contributed by atoms with Gasteiger partial charge < -0.3 is 20.1 Å². The first kappa shape index (κ1) is 17.5. The van der Waals surface area contributed by atoms with Crippen molar-refractivity contribution >= 4 is 21.9 Å². The molecule has 2 bridgehead atoms. The number of aromatic hydroxyl groups is 2. The predicted octanol–water partition coefficient (Wildman–Crippen LogP) is 3.10. The Hall–Kier alpha value is -1.27. The van der Waals surface area contributed by atoms with Gasteiger partial charge in [0, 0.05) is 0 Å². The summed E-state index contributed by atoms with van der Waals surface area (Å²) in [6.07, 6.45) is 1.06. The number of benzene rings is 1. The van der Waals surface area contributed by atoms with Crippen LogP contribution in [0.2, 0.25) is 0 Å². The largest absolute Gasteiger partial charge is 0.504 e. The van der Waals surface area contributed by atoms with Gasteiger partial charge in [-0.05, 0) is 49.7 Å². The van der Waals surface area contributed by atoms with E-state index < -0.39 is 27.7 Å². The molecule has 132 valence electrons. The minimum absolute atomic E-state index is 0.0909. The molecule has 4 rings (SSSR count). The lowest BCUT2D eigenvalue weighted by Gasteiger charge is -2.53.